The van der Waals surface area contributed by atoms with Crippen molar-refractivity contribution in [3.05, 3.63) is 30.1 Å². The fourth-order valence-corrected chi connectivity index (χ4v) is 4.89. The van der Waals surface area contributed by atoms with Crippen molar-refractivity contribution in [2.45, 2.75) is 23.5 Å². The fourth-order valence-electron chi connectivity index (χ4n) is 1.95. The van der Waals surface area contributed by atoms with Gasteiger partial charge in [0.05, 0.1) is 0 Å². The van der Waals surface area contributed by atoms with Gasteiger partial charge in [-0.3, -0.25) is 0 Å². The Hall–Kier alpha value is -0.590. The molecule has 1 saturated heterocycles. The summed E-state index contributed by atoms with van der Waals surface area (Å²) in [6.45, 7) is 2.96. The van der Waals surface area contributed by atoms with Crippen LogP contribution in [0.2, 0.25) is 0 Å². The third-order valence-electron chi connectivity index (χ3n) is 3.01. The topological polar surface area (TPSA) is 37.4 Å². The van der Waals surface area contributed by atoms with Crippen LogP contribution in [0.5, 0.6) is 0 Å². The van der Waals surface area contributed by atoms with Gasteiger partial charge in [0.2, 0.25) is 10.0 Å². The minimum atomic E-state index is -3.69. The zero-order chi connectivity index (χ0) is 13.2. The average molecular weight is 289 g/mol. The van der Waals surface area contributed by atoms with E-state index < -0.39 is 15.8 Å². The molecule has 18 heavy (non-hydrogen) atoms. The molecule has 1 unspecified atom stereocenters. The van der Waals surface area contributed by atoms with E-state index in [4.69, 9.17) is 0 Å². The summed E-state index contributed by atoms with van der Waals surface area (Å²) in [5, 5.41) is 0.306. The van der Waals surface area contributed by atoms with Gasteiger partial charge in [-0.15, -0.1) is 0 Å². The molecule has 1 heterocycles. The van der Waals surface area contributed by atoms with Gasteiger partial charge in [-0.05, 0) is 18.6 Å². The summed E-state index contributed by atoms with van der Waals surface area (Å²) in [6.07, 6.45) is 0.925. The Bertz CT molecular complexity index is 519. The molecular weight excluding hydrogens is 273 g/mol. The first-order valence-electron chi connectivity index (χ1n) is 5.92. The van der Waals surface area contributed by atoms with Gasteiger partial charge in [-0.1, -0.05) is 19.1 Å². The lowest BCUT2D eigenvalue weighted by Gasteiger charge is -2.31. The van der Waals surface area contributed by atoms with Gasteiger partial charge in [0.25, 0.3) is 0 Å². The van der Waals surface area contributed by atoms with Crippen LogP contribution in [0.3, 0.4) is 0 Å². The molecule has 1 aliphatic rings. The molecule has 1 aromatic rings. The summed E-state index contributed by atoms with van der Waals surface area (Å²) in [6, 6.07) is 5.55. The summed E-state index contributed by atoms with van der Waals surface area (Å²) < 4.78 is 39.7. The highest BCUT2D eigenvalue weighted by atomic mass is 32.2. The van der Waals surface area contributed by atoms with Gasteiger partial charge in [0.15, 0.2) is 0 Å². The number of hydrogen-bond acceptors (Lipinski definition) is 3. The van der Waals surface area contributed by atoms with E-state index in [9.17, 15) is 12.8 Å². The third-order valence-corrected chi connectivity index (χ3v) is 6.28. The lowest BCUT2D eigenvalue weighted by molar-refractivity contribution is 0.412. The Kier molecular flexibility index (Phi) is 4.29. The van der Waals surface area contributed by atoms with Crippen molar-refractivity contribution in [2.24, 2.45) is 0 Å². The highest BCUT2D eigenvalue weighted by Gasteiger charge is 2.31. The van der Waals surface area contributed by atoms with Gasteiger partial charge in [-0.2, -0.15) is 16.1 Å². The molecule has 0 aliphatic carbocycles. The van der Waals surface area contributed by atoms with Crippen molar-refractivity contribution in [1.29, 1.82) is 0 Å². The smallest absolute Gasteiger partial charge is 0.207 e. The number of rotatable bonds is 3. The maximum atomic E-state index is 13.6. The molecule has 0 spiro atoms. The number of sulfonamides is 1. The van der Waals surface area contributed by atoms with Crippen LogP contribution in [0.1, 0.15) is 13.3 Å². The van der Waals surface area contributed by atoms with Gasteiger partial charge in [0, 0.05) is 24.1 Å². The molecule has 1 fully saturated rings. The molecule has 0 amide bonds. The molecule has 100 valence electrons. The minimum Gasteiger partial charge on any atom is -0.207 e. The van der Waals surface area contributed by atoms with E-state index in [0.29, 0.717) is 18.3 Å². The predicted octanol–water partition coefficient (Wildman–Crippen LogP) is 2.34. The largest absolute Gasteiger partial charge is 0.246 e. The SMILES string of the molecule is CCC1CN(S(=O)(=O)c2ccccc2F)CCS1. The first kappa shape index (κ1) is 13.8. The van der Waals surface area contributed by atoms with Gasteiger partial charge in [0.1, 0.15) is 10.7 Å². The van der Waals surface area contributed by atoms with E-state index in [-0.39, 0.29) is 4.90 Å². The van der Waals surface area contributed by atoms with Crippen LogP contribution in [-0.2, 0) is 10.0 Å². The summed E-state index contributed by atoms with van der Waals surface area (Å²) in [7, 11) is -3.69. The normalized spacial score (nSPS) is 22.0. The first-order chi connectivity index (χ1) is 8.55. The zero-order valence-corrected chi connectivity index (χ0v) is 11.8. The second-order valence-electron chi connectivity index (χ2n) is 4.19. The van der Waals surface area contributed by atoms with Crippen LogP contribution >= 0.6 is 11.8 Å². The molecule has 6 heteroatoms. The molecule has 1 aromatic carbocycles. The Labute approximate surface area is 111 Å². The van der Waals surface area contributed by atoms with Crippen molar-refractivity contribution in [2.75, 3.05) is 18.8 Å². The standard InChI is InChI=1S/C12H16FNO2S2/c1-2-10-9-14(7-8-17-10)18(15,16)12-6-4-3-5-11(12)13/h3-6,10H,2,7-9H2,1H3. The maximum absolute atomic E-state index is 13.6. The highest BCUT2D eigenvalue weighted by Crippen LogP contribution is 2.27. The maximum Gasteiger partial charge on any atom is 0.246 e. The third kappa shape index (κ3) is 2.70. The fraction of sp³-hybridized carbons (Fsp3) is 0.500. The molecule has 1 aliphatic heterocycles. The Balaban J connectivity index is 2.29. The van der Waals surface area contributed by atoms with Crippen LogP contribution in [0.4, 0.5) is 4.39 Å². The number of thioether (sulfide) groups is 1. The van der Waals surface area contributed by atoms with Gasteiger partial charge in [-0.25, -0.2) is 12.8 Å². The van der Waals surface area contributed by atoms with Crippen LogP contribution < -0.4 is 0 Å². The van der Waals surface area contributed by atoms with Gasteiger partial charge >= 0.3 is 0 Å². The van der Waals surface area contributed by atoms with E-state index in [1.54, 1.807) is 17.8 Å². The van der Waals surface area contributed by atoms with Crippen molar-refractivity contribution < 1.29 is 12.8 Å². The molecule has 0 bridgehead atoms. The van der Waals surface area contributed by atoms with E-state index in [1.807, 2.05) is 6.92 Å². The number of hydrogen-bond donors (Lipinski definition) is 0. The van der Waals surface area contributed by atoms with Crippen molar-refractivity contribution >= 4 is 21.8 Å². The quantitative estimate of drug-likeness (QED) is 0.857. The van der Waals surface area contributed by atoms with E-state index in [2.05, 4.69) is 0 Å². The second-order valence-corrected chi connectivity index (χ2v) is 7.51. The summed E-state index contributed by atoms with van der Waals surface area (Å²) in [5.41, 5.74) is 0. The van der Waals surface area contributed by atoms with E-state index >= 15 is 0 Å². The first-order valence-corrected chi connectivity index (χ1v) is 8.41. The molecule has 1 atom stereocenters. The lowest BCUT2D eigenvalue weighted by atomic mass is 10.3. The minimum absolute atomic E-state index is 0.216. The lowest BCUT2D eigenvalue weighted by Crippen LogP contribution is -2.41. The van der Waals surface area contributed by atoms with Crippen molar-refractivity contribution in [3.8, 4) is 0 Å². The monoisotopic (exact) mass is 289 g/mol. The molecule has 0 saturated carbocycles. The van der Waals surface area contributed by atoms with Gasteiger partial charge < -0.3 is 0 Å². The molecular formula is C12H16FNO2S2. The molecule has 0 radical (unpaired) electrons. The highest BCUT2D eigenvalue weighted by molar-refractivity contribution is 8.00. The average Bonchev–Trinajstić information content (AvgIpc) is 2.39. The van der Waals surface area contributed by atoms with Crippen molar-refractivity contribution in [1.82, 2.24) is 4.31 Å². The predicted molar refractivity (Wildman–Crippen MR) is 71.7 cm³/mol. The number of benzene rings is 1. The van der Waals surface area contributed by atoms with E-state index in [1.165, 1.54) is 22.5 Å². The molecule has 0 aromatic heterocycles. The zero-order valence-electron chi connectivity index (χ0n) is 10.2. The molecule has 3 nitrogen and oxygen atoms in total. The summed E-state index contributed by atoms with van der Waals surface area (Å²) in [5.74, 6) is 0.0930. The Morgan fingerprint density at radius 1 is 1.44 bits per heavy atom. The van der Waals surface area contributed by atoms with Crippen molar-refractivity contribution in [3.63, 3.8) is 0 Å². The number of halogens is 1. The number of nitrogens with zero attached hydrogens (tertiary/aromatic N) is 1. The molecule has 0 N–H and O–H groups in total. The van der Waals surface area contributed by atoms with Crippen LogP contribution in [0.15, 0.2) is 29.2 Å². The summed E-state index contributed by atoms with van der Waals surface area (Å²) >= 11 is 1.78. The van der Waals surface area contributed by atoms with Crippen LogP contribution in [-0.4, -0.2) is 36.8 Å². The molecule has 2 rings (SSSR count). The van der Waals surface area contributed by atoms with E-state index in [0.717, 1.165) is 12.2 Å². The Morgan fingerprint density at radius 3 is 2.83 bits per heavy atom. The second kappa shape index (κ2) is 5.59. The Morgan fingerprint density at radius 2 is 2.17 bits per heavy atom. The van der Waals surface area contributed by atoms with Crippen LogP contribution in [0.25, 0.3) is 0 Å². The van der Waals surface area contributed by atoms with Crippen LogP contribution in [0, 0.1) is 5.82 Å². The summed E-state index contributed by atoms with van der Waals surface area (Å²) in [4.78, 5) is -0.216.